The van der Waals surface area contributed by atoms with Crippen molar-refractivity contribution in [1.29, 1.82) is 5.26 Å². The number of hydrogen-bond donors (Lipinski definition) is 1. The van der Waals surface area contributed by atoms with Gasteiger partial charge in [0.15, 0.2) is 0 Å². The van der Waals surface area contributed by atoms with E-state index in [0.717, 1.165) is 11.1 Å². The third kappa shape index (κ3) is 3.10. The molecular weight excluding hydrogens is 200 g/mol. The second-order valence-electron chi connectivity index (χ2n) is 3.28. The summed E-state index contributed by atoms with van der Waals surface area (Å²) >= 11 is 0. The van der Waals surface area contributed by atoms with Gasteiger partial charge in [-0.3, -0.25) is 5.32 Å². The standard InChI is InChI=1S/C13H14N2O/c1-3-8-15-13(9-14)12-7-5-4-6-11(12)10-16-2/h1,4-7,13,15H,8,10H2,2H3. The van der Waals surface area contributed by atoms with Crippen LogP contribution in [0.4, 0.5) is 0 Å². The van der Waals surface area contributed by atoms with Crippen molar-refractivity contribution in [2.45, 2.75) is 12.6 Å². The van der Waals surface area contributed by atoms with Gasteiger partial charge in [-0.15, -0.1) is 6.42 Å². The van der Waals surface area contributed by atoms with Crippen LogP contribution in [0.1, 0.15) is 17.2 Å². The van der Waals surface area contributed by atoms with Crippen molar-refractivity contribution in [3.8, 4) is 18.4 Å². The first-order valence-corrected chi connectivity index (χ1v) is 4.96. The van der Waals surface area contributed by atoms with Crippen LogP contribution < -0.4 is 5.32 Å². The van der Waals surface area contributed by atoms with Crippen molar-refractivity contribution in [3.63, 3.8) is 0 Å². The largest absolute Gasteiger partial charge is 0.380 e. The van der Waals surface area contributed by atoms with Gasteiger partial charge in [0.05, 0.1) is 19.2 Å². The Labute approximate surface area is 96.0 Å². The molecule has 0 saturated heterocycles. The summed E-state index contributed by atoms with van der Waals surface area (Å²) < 4.78 is 5.09. The van der Waals surface area contributed by atoms with Crippen molar-refractivity contribution in [2.75, 3.05) is 13.7 Å². The molecule has 0 aromatic heterocycles. The van der Waals surface area contributed by atoms with Gasteiger partial charge in [-0.25, -0.2) is 0 Å². The molecule has 0 aliphatic heterocycles. The van der Waals surface area contributed by atoms with Gasteiger partial charge < -0.3 is 4.74 Å². The lowest BCUT2D eigenvalue weighted by Crippen LogP contribution is -2.21. The molecule has 1 unspecified atom stereocenters. The Morgan fingerprint density at radius 2 is 2.25 bits per heavy atom. The maximum Gasteiger partial charge on any atom is 0.122 e. The maximum absolute atomic E-state index is 9.08. The Morgan fingerprint density at radius 1 is 1.50 bits per heavy atom. The summed E-state index contributed by atoms with van der Waals surface area (Å²) in [7, 11) is 1.63. The number of ether oxygens (including phenoxy) is 1. The number of methoxy groups -OCH3 is 1. The van der Waals surface area contributed by atoms with E-state index in [1.807, 2.05) is 24.3 Å². The first-order valence-electron chi connectivity index (χ1n) is 4.96. The predicted octanol–water partition coefficient (Wildman–Crippen LogP) is 1.62. The van der Waals surface area contributed by atoms with Crippen LogP contribution in [0.25, 0.3) is 0 Å². The fourth-order valence-corrected chi connectivity index (χ4v) is 1.49. The molecule has 82 valence electrons. The molecule has 16 heavy (non-hydrogen) atoms. The van der Waals surface area contributed by atoms with Gasteiger partial charge in [-0.05, 0) is 11.1 Å². The number of hydrogen-bond acceptors (Lipinski definition) is 3. The van der Waals surface area contributed by atoms with Gasteiger partial charge in [0.1, 0.15) is 6.04 Å². The van der Waals surface area contributed by atoms with Crippen LogP contribution >= 0.6 is 0 Å². The summed E-state index contributed by atoms with van der Waals surface area (Å²) in [6.07, 6.45) is 5.16. The predicted molar refractivity (Wildman–Crippen MR) is 62.3 cm³/mol. The summed E-state index contributed by atoms with van der Waals surface area (Å²) in [5, 5.41) is 12.1. The maximum atomic E-state index is 9.08. The van der Waals surface area contributed by atoms with E-state index in [-0.39, 0.29) is 6.04 Å². The van der Waals surface area contributed by atoms with Gasteiger partial charge in [0.25, 0.3) is 0 Å². The van der Waals surface area contributed by atoms with Crippen molar-refractivity contribution in [2.24, 2.45) is 0 Å². The fraction of sp³-hybridized carbons (Fsp3) is 0.308. The summed E-state index contributed by atoms with van der Waals surface area (Å²) in [5.74, 6) is 2.46. The monoisotopic (exact) mass is 214 g/mol. The van der Waals surface area contributed by atoms with E-state index >= 15 is 0 Å². The van der Waals surface area contributed by atoms with Gasteiger partial charge in [-0.2, -0.15) is 5.26 Å². The van der Waals surface area contributed by atoms with E-state index in [1.54, 1.807) is 7.11 Å². The lowest BCUT2D eigenvalue weighted by molar-refractivity contribution is 0.184. The number of nitrogens with zero attached hydrogens (tertiary/aromatic N) is 1. The first kappa shape index (κ1) is 12.3. The third-order valence-electron chi connectivity index (χ3n) is 2.20. The van der Waals surface area contributed by atoms with Crippen LogP contribution in [0.5, 0.6) is 0 Å². The lowest BCUT2D eigenvalue weighted by Gasteiger charge is -2.14. The van der Waals surface area contributed by atoms with Crippen LogP contribution in [0.15, 0.2) is 24.3 Å². The van der Waals surface area contributed by atoms with Crippen LogP contribution in [0.2, 0.25) is 0 Å². The molecule has 0 radical (unpaired) electrons. The molecule has 1 aromatic rings. The van der Waals surface area contributed by atoms with Crippen molar-refractivity contribution in [1.82, 2.24) is 5.32 Å². The highest BCUT2D eigenvalue weighted by molar-refractivity contribution is 5.33. The zero-order chi connectivity index (χ0) is 11.8. The minimum atomic E-state index is -0.387. The van der Waals surface area contributed by atoms with Gasteiger partial charge in [-0.1, -0.05) is 30.2 Å². The molecule has 1 rings (SSSR count). The summed E-state index contributed by atoms with van der Waals surface area (Å²) in [6, 6.07) is 9.48. The number of benzene rings is 1. The summed E-state index contributed by atoms with van der Waals surface area (Å²) in [6.45, 7) is 0.867. The Morgan fingerprint density at radius 3 is 2.88 bits per heavy atom. The molecule has 0 fully saturated rings. The molecule has 1 N–H and O–H groups in total. The minimum absolute atomic E-state index is 0.375. The number of terminal acetylenes is 1. The Bertz CT molecular complexity index is 415. The SMILES string of the molecule is C#CCNC(C#N)c1ccccc1COC. The highest BCUT2D eigenvalue weighted by Crippen LogP contribution is 2.18. The zero-order valence-electron chi connectivity index (χ0n) is 9.23. The number of nitrogens with one attached hydrogen (secondary N) is 1. The quantitative estimate of drug-likeness (QED) is 0.757. The summed E-state index contributed by atoms with van der Waals surface area (Å²) in [4.78, 5) is 0. The third-order valence-corrected chi connectivity index (χ3v) is 2.20. The van der Waals surface area contributed by atoms with Crippen LogP contribution in [-0.2, 0) is 11.3 Å². The molecule has 0 aliphatic carbocycles. The second kappa shape index (κ2) is 6.63. The van der Waals surface area contributed by atoms with E-state index < -0.39 is 0 Å². The second-order valence-corrected chi connectivity index (χ2v) is 3.28. The fourth-order valence-electron chi connectivity index (χ4n) is 1.49. The first-order chi connectivity index (χ1) is 7.83. The van der Waals surface area contributed by atoms with E-state index in [2.05, 4.69) is 17.3 Å². The van der Waals surface area contributed by atoms with Crippen molar-refractivity contribution in [3.05, 3.63) is 35.4 Å². The lowest BCUT2D eigenvalue weighted by atomic mass is 10.0. The van der Waals surface area contributed by atoms with Gasteiger partial charge in [0.2, 0.25) is 0 Å². The highest BCUT2D eigenvalue weighted by Gasteiger charge is 2.12. The Kier molecular flexibility index (Phi) is 5.08. The highest BCUT2D eigenvalue weighted by atomic mass is 16.5. The van der Waals surface area contributed by atoms with Crippen molar-refractivity contribution >= 4 is 0 Å². The molecule has 0 aliphatic rings. The molecule has 0 bridgehead atoms. The van der Waals surface area contributed by atoms with E-state index in [9.17, 15) is 0 Å². The molecule has 3 heteroatoms. The topological polar surface area (TPSA) is 45.0 Å². The molecule has 3 nitrogen and oxygen atoms in total. The molecular formula is C13H14N2O. The zero-order valence-corrected chi connectivity index (χ0v) is 9.23. The van der Waals surface area contributed by atoms with Gasteiger partial charge >= 0.3 is 0 Å². The van der Waals surface area contributed by atoms with Crippen LogP contribution in [-0.4, -0.2) is 13.7 Å². The van der Waals surface area contributed by atoms with E-state index in [0.29, 0.717) is 13.2 Å². The molecule has 0 saturated carbocycles. The van der Waals surface area contributed by atoms with Crippen LogP contribution in [0.3, 0.4) is 0 Å². The number of nitriles is 1. The average molecular weight is 214 g/mol. The average Bonchev–Trinajstić information content (AvgIpc) is 2.32. The minimum Gasteiger partial charge on any atom is -0.380 e. The molecule has 1 atom stereocenters. The van der Waals surface area contributed by atoms with E-state index in [4.69, 9.17) is 16.4 Å². The van der Waals surface area contributed by atoms with Crippen LogP contribution in [0, 0.1) is 23.7 Å². The smallest absolute Gasteiger partial charge is 0.122 e. The summed E-state index contributed by atoms with van der Waals surface area (Å²) in [5.41, 5.74) is 1.92. The number of rotatable bonds is 5. The molecule has 0 amide bonds. The Hall–Kier alpha value is -1.81. The molecule has 1 aromatic carbocycles. The van der Waals surface area contributed by atoms with Crippen molar-refractivity contribution < 1.29 is 4.74 Å². The molecule has 0 spiro atoms. The molecule has 0 heterocycles. The normalized spacial score (nSPS) is 11.4. The van der Waals surface area contributed by atoms with Gasteiger partial charge in [0, 0.05) is 7.11 Å². The van der Waals surface area contributed by atoms with E-state index in [1.165, 1.54) is 0 Å². The Balaban J connectivity index is 2.92.